The van der Waals surface area contributed by atoms with Gasteiger partial charge in [0.05, 0.1) is 0 Å². The van der Waals surface area contributed by atoms with Crippen LogP contribution in [-0.4, -0.2) is 6.54 Å². The predicted molar refractivity (Wildman–Crippen MR) is 83.7 cm³/mol. The van der Waals surface area contributed by atoms with Crippen LogP contribution in [0.3, 0.4) is 0 Å². The molecule has 0 saturated carbocycles. The Morgan fingerprint density at radius 2 is 1.57 bits per heavy atom. The first-order chi connectivity index (χ1) is 10.1. The number of nitrogens with one attached hydrogen (secondary N) is 1. The Labute approximate surface area is 126 Å². The van der Waals surface area contributed by atoms with E-state index in [4.69, 9.17) is 4.74 Å². The second kappa shape index (κ2) is 7.79. The van der Waals surface area contributed by atoms with Crippen molar-refractivity contribution in [3.63, 3.8) is 0 Å². The van der Waals surface area contributed by atoms with Crippen LogP contribution in [0.4, 0.5) is 4.39 Å². The highest BCUT2D eigenvalue weighted by Crippen LogP contribution is 2.14. The highest BCUT2D eigenvalue weighted by atomic mass is 19.1. The zero-order chi connectivity index (χ0) is 15.1. The summed E-state index contributed by atoms with van der Waals surface area (Å²) in [6.45, 7) is 6.80. The number of hydrogen-bond acceptors (Lipinski definition) is 2. The number of ether oxygens (including phenoxy) is 1. The third-order valence-corrected chi connectivity index (χ3v) is 3.12. The molecule has 0 saturated heterocycles. The second-order valence-electron chi connectivity index (χ2n) is 5.58. The van der Waals surface area contributed by atoms with Crippen LogP contribution in [0.2, 0.25) is 0 Å². The molecule has 0 atom stereocenters. The van der Waals surface area contributed by atoms with Gasteiger partial charge in [-0.05, 0) is 47.9 Å². The molecule has 1 N–H and O–H groups in total. The lowest BCUT2D eigenvalue weighted by molar-refractivity contribution is 0.305. The van der Waals surface area contributed by atoms with Gasteiger partial charge in [-0.15, -0.1) is 0 Å². The first kappa shape index (κ1) is 15.5. The summed E-state index contributed by atoms with van der Waals surface area (Å²) in [5.74, 6) is 1.09. The van der Waals surface area contributed by atoms with Gasteiger partial charge in [-0.1, -0.05) is 38.1 Å². The van der Waals surface area contributed by atoms with E-state index in [1.807, 2.05) is 0 Å². The Morgan fingerprint density at radius 1 is 0.952 bits per heavy atom. The van der Waals surface area contributed by atoms with Gasteiger partial charge in [0, 0.05) is 6.54 Å². The van der Waals surface area contributed by atoms with Crippen LogP contribution in [0.25, 0.3) is 0 Å². The average Bonchev–Trinajstić information content (AvgIpc) is 2.48. The Hall–Kier alpha value is -1.87. The van der Waals surface area contributed by atoms with Crippen molar-refractivity contribution in [3.05, 3.63) is 65.5 Å². The molecule has 2 aromatic rings. The van der Waals surface area contributed by atoms with Crippen molar-refractivity contribution in [2.75, 3.05) is 6.54 Å². The molecule has 0 fully saturated rings. The topological polar surface area (TPSA) is 21.3 Å². The number of hydrogen-bond donors (Lipinski definition) is 1. The molecule has 0 aliphatic carbocycles. The molecule has 2 nitrogen and oxygen atoms in total. The van der Waals surface area contributed by atoms with Crippen LogP contribution in [0, 0.1) is 11.7 Å². The van der Waals surface area contributed by atoms with Crippen molar-refractivity contribution in [3.8, 4) is 5.75 Å². The van der Waals surface area contributed by atoms with E-state index in [1.54, 1.807) is 12.1 Å². The Morgan fingerprint density at radius 3 is 2.19 bits per heavy atom. The summed E-state index contributed by atoms with van der Waals surface area (Å²) >= 11 is 0. The summed E-state index contributed by atoms with van der Waals surface area (Å²) in [6.07, 6.45) is 0. The largest absolute Gasteiger partial charge is 0.489 e. The fourth-order valence-electron chi connectivity index (χ4n) is 1.96. The van der Waals surface area contributed by atoms with Gasteiger partial charge in [0.25, 0.3) is 0 Å². The summed E-state index contributed by atoms with van der Waals surface area (Å²) < 4.78 is 18.4. The molecule has 21 heavy (non-hydrogen) atoms. The molecule has 0 aliphatic rings. The van der Waals surface area contributed by atoms with Gasteiger partial charge >= 0.3 is 0 Å². The normalized spacial score (nSPS) is 10.9. The van der Waals surface area contributed by atoms with E-state index in [0.29, 0.717) is 18.3 Å². The molecule has 112 valence electrons. The first-order valence-corrected chi connectivity index (χ1v) is 7.30. The summed E-state index contributed by atoms with van der Waals surface area (Å²) in [6, 6.07) is 14.4. The lowest BCUT2D eigenvalue weighted by Gasteiger charge is -2.09. The number of benzene rings is 2. The van der Waals surface area contributed by atoms with E-state index in [0.717, 1.165) is 18.7 Å². The molecule has 0 bridgehead atoms. The average molecular weight is 287 g/mol. The molecule has 0 amide bonds. The molecule has 0 spiro atoms. The van der Waals surface area contributed by atoms with Gasteiger partial charge in [0.1, 0.15) is 18.2 Å². The first-order valence-electron chi connectivity index (χ1n) is 7.30. The van der Waals surface area contributed by atoms with E-state index in [-0.39, 0.29) is 5.82 Å². The summed E-state index contributed by atoms with van der Waals surface area (Å²) in [5, 5.41) is 3.42. The maximum Gasteiger partial charge on any atom is 0.123 e. The molecular formula is C18H22FNO. The monoisotopic (exact) mass is 287 g/mol. The highest BCUT2D eigenvalue weighted by molar-refractivity contribution is 5.25. The van der Waals surface area contributed by atoms with Crippen LogP contribution in [0.1, 0.15) is 25.0 Å². The number of rotatable bonds is 7. The Bertz CT molecular complexity index is 534. The molecule has 2 aromatic carbocycles. The predicted octanol–water partition coefficient (Wildman–Crippen LogP) is 4.15. The van der Waals surface area contributed by atoms with Crippen LogP contribution in [0.15, 0.2) is 48.5 Å². The molecular weight excluding hydrogens is 265 g/mol. The number of halogens is 1. The van der Waals surface area contributed by atoms with Gasteiger partial charge in [-0.25, -0.2) is 4.39 Å². The molecule has 0 aromatic heterocycles. The second-order valence-corrected chi connectivity index (χ2v) is 5.58. The molecule has 0 unspecified atom stereocenters. The zero-order valence-electron chi connectivity index (χ0n) is 12.6. The van der Waals surface area contributed by atoms with Crippen molar-refractivity contribution < 1.29 is 9.13 Å². The summed E-state index contributed by atoms with van der Waals surface area (Å²) in [4.78, 5) is 0. The van der Waals surface area contributed by atoms with Crippen molar-refractivity contribution >= 4 is 0 Å². The van der Waals surface area contributed by atoms with E-state index in [2.05, 4.69) is 43.4 Å². The minimum Gasteiger partial charge on any atom is -0.489 e. The third-order valence-electron chi connectivity index (χ3n) is 3.12. The van der Waals surface area contributed by atoms with Crippen molar-refractivity contribution in [1.82, 2.24) is 5.32 Å². The molecule has 2 rings (SSSR count). The highest BCUT2D eigenvalue weighted by Gasteiger charge is 1.99. The van der Waals surface area contributed by atoms with E-state index >= 15 is 0 Å². The summed E-state index contributed by atoms with van der Waals surface area (Å²) in [7, 11) is 0. The van der Waals surface area contributed by atoms with Crippen molar-refractivity contribution in [1.29, 1.82) is 0 Å². The third kappa shape index (κ3) is 5.56. The van der Waals surface area contributed by atoms with Gasteiger partial charge in [0.15, 0.2) is 0 Å². The maximum absolute atomic E-state index is 12.8. The van der Waals surface area contributed by atoms with Crippen molar-refractivity contribution in [2.24, 2.45) is 5.92 Å². The minimum atomic E-state index is -0.249. The van der Waals surface area contributed by atoms with Gasteiger partial charge in [-0.2, -0.15) is 0 Å². The van der Waals surface area contributed by atoms with Crippen LogP contribution >= 0.6 is 0 Å². The Balaban J connectivity index is 1.80. The fraction of sp³-hybridized carbons (Fsp3) is 0.333. The minimum absolute atomic E-state index is 0.249. The Kier molecular flexibility index (Phi) is 5.76. The van der Waals surface area contributed by atoms with E-state index in [9.17, 15) is 4.39 Å². The lowest BCUT2D eigenvalue weighted by atomic mass is 10.1. The molecule has 0 radical (unpaired) electrons. The fourth-order valence-corrected chi connectivity index (χ4v) is 1.96. The van der Waals surface area contributed by atoms with Crippen LogP contribution in [0.5, 0.6) is 5.75 Å². The molecule has 0 heterocycles. The van der Waals surface area contributed by atoms with Crippen LogP contribution < -0.4 is 10.1 Å². The quantitative estimate of drug-likeness (QED) is 0.826. The van der Waals surface area contributed by atoms with E-state index < -0.39 is 0 Å². The standard InChI is InChI=1S/C18H22FNO/c1-14(2)11-20-12-15-3-5-16(6-4-15)13-21-18-9-7-17(19)8-10-18/h3-10,14,20H,11-13H2,1-2H3. The van der Waals surface area contributed by atoms with Gasteiger partial charge in [-0.3, -0.25) is 0 Å². The SMILES string of the molecule is CC(C)CNCc1ccc(COc2ccc(F)cc2)cc1. The zero-order valence-corrected chi connectivity index (χ0v) is 12.6. The lowest BCUT2D eigenvalue weighted by Crippen LogP contribution is -2.18. The van der Waals surface area contributed by atoms with Crippen molar-refractivity contribution in [2.45, 2.75) is 27.0 Å². The van der Waals surface area contributed by atoms with Gasteiger partial charge < -0.3 is 10.1 Å². The smallest absolute Gasteiger partial charge is 0.123 e. The van der Waals surface area contributed by atoms with E-state index in [1.165, 1.54) is 17.7 Å². The molecule has 0 aliphatic heterocycles. The maximum atomic E-state index is 12.8. The van der Waals surface area contributed by atoms with Crippen LogP contribution in [-0.2, 0) is 13.2 Å². The summed E-state index contributed by atoms with van der Waals surface area (Å²) in [5.41, 5.74) is 2.37. The molecule has 3 heteroatoms. The van der Waals surface area contributed by atoms with Gasteiger partial charge in [0.2, 0.25) is 0 Å².